The third kappa shape index (κ3) is 4.84. The highest BCUT2D eigenvalue weighted by atomic mass is 16.5. The van der Waals surface area contributed by atoms with Crippen LogP contribution < -0.4 is 5.32 Å². The molecule has 2 rings (SSSR count). The number of ketones is 1. The van der Waals surface area contributed by atoms with Crippen molar-refractivity contribution in [1.29, 1.82) is 0 Å². The van der Waals surface area contributed by atoms with Crippen molar-refractivity contribution >= 4 is 23.8 Å². The third-order valence-corrected chi connectivity index (χ3v) is 4.66. The Balaban J connectivity index is 2.10. The number of aliphatic carboxylic acids is 1. The molecule has 1 saturated heterocycles. The van der Waals surface area contributed by atoms with Crippen molar-refractivity contribution in [3.05, 3.63) is 35.9 Å². The summed E-state index contributed by atoms with van der Waals surface area (Å²) in [5.41, 5.74) is -0.875. The van der Waals surface area contributed by atoms with E-state index in [1.165, 1.54) is 4.90 Å². The van der Waals surface area contributed by atoms with Gasteiger partial charge in [0.25, 0.3) is 0 Å². The van der Waals surface area contributed by atoms with Crippen LogP contribution in [0.4, 0.5) is 4.79 Å². The van der Waals surface area contributed by atoms with Gasteiger partial charge in [-0.15, -0.1) is 0 Å². The van der Waals surface area contributed by atoms with E-state index in [0.29, 0.717) is 5.56 Å². The summed E-state index contributed by atoms with van der Waals surface area (Å²) >= 11 is 0. The van der Waals surface area contributed by atoms with Crippen molar-refractivity contribution < 1.29 is 29.0 Å². The largest absolute Gasteiger partial charge is 0.481 e. The van der Waals surface area contributed by atoms with E-state index in [2.05, 4.69) is 5.32 Å². The fourth-order valence-electron chi connectivity index (χ4n) is 3.14. The van der Waals surface area contributed by atoms with Gasteiger partial charge in [0.05, 0.1) is 13.0 Å². The van der Waals surface area contributed by atoms with Gasteiger partial charge in [-0.05, 0) is 19.8 Å². The Bertz CT molecular complexity index is 695. The van der Waals surface area contributed by atoms with Gasteiger partial charge in [0.15, 0.2) is 5.78 Å². The van der Waals surface area contributed by atoms with Crippen LogP contribution in [0.1, 0.15) is 36.5 Å². The smallest absolute Gasteiger partial charge is 0.320 e. The maximum absolute atomic E-state index is 13.1. The maximum atomic E-state index is 13.1. The standard InChI is InChI=1S/C19H24N2O6/c1-2-27-17(25)19(16(24)14-6-4-3-5-7-14)9-12-21(13-10-19)18(26)20-11-8-15(22)23/h3-7H,2,8-13H2,1H3,(H,20,26)(H,22,23). The van der Waals surface area contributed by atoms with Gasteiger partial charge in [-0.3, -0.25) is 14.4 Å². The van der Waals surface area contributed by atoms with E-state index in [4.69, 9.17) is 9.84 Å². The summed E-state index contributed by atoms with van der Waals surface area (Å²) in [5.74, 6) is -1.86. The average molecular weight is 376 g/mol. The predicted octanol–water partition coefficient (Wildman–Crippen LogP) is 1.70. The molecule has 8 nitrogen and oxygen atoms in total. The number of benzene rings is 1. The number of esters is 1. The van der Waals surface area contributed by atoms with Crippen LogP contribution in [0.2, 0.25) is 0 Å². The number of hydrogen-bond acceptors (Lipinski definition) is 5. The molecule has 1 heterocycles. The number of nitrogens with one attached hydrogen (secondary N) is 1. The van der Waals surface area contributed by atoms with E-state index >= 15 is 0 Å². The van der Waals surface area contributed by atoms with Crippen LogP contribution in [-0.2, 0) is 14.3 Å². The Morgan fingerprint density at radius 1 is 1.15 bits per heavy atom. The molecule has 0 radical (unpaired) electrons. The normalized spacial score (nSPS) is 15.7. The number of carbonyl (C=O) groups excluding carboxylic acids is 3. The highest BCUT2D eigenvalue weighted by molar-refractivity contribution is 6.12. The molecule has 1 aliphatic heterocycles. The van der Waals surface area contributed by atoms with Gasteiger partial charge in [-0.2, -0.15) is 0 Å². The first-order valence-electron chi connectivity index (χ1n) is 8.92. The summed E-state index contributed by atoms with van der Waals surface area (Å²) in [4.78, 5) is 49.9. The lowest BCUT2D eigenvalue weighted by Crippen LogP contribution is -2.53. The number of carbonyl (C=O) groups is 4. The predicted molar refractivity (Wildman–Crippen MR) is 96.3 cm³/mol. The molecule has 0 aromatic heterocycles. The monoisotopic (exact) mass is 376 g/mol. The summed E-state index contributed by atoms with van der Waals surface area (Å²) in [5, 5.41) is 11.2. The van der Waals surface area contributed by atoms with Crippen LogP contribution >= 0.6 is 0 Å². The van der Waals surface area contributed by atoms with Crippen molar-refractivity contribution in [2.75, 3.05) is 26.2 Å². The molecule has 0 aliphatic carbocycles. The highest BCUT2D eigenvalue weighted by Gasteiger charge is 2.49. The highest BCUT2D eigenvalue weighted by Crippen LogP contribution is 2.36. The Kier molecular flexibility index (Phi) is 6.92. The first-order chi connectivity index (χ1) is 12.9. The first-order valence-corrected chi connectivity index (χ1v) is 8.92. The van der Waals surface area contributed by atoms with Gasteiger partial charge in [0, 0.05) is 25.2 Å². The van der Waals surface area contributed by atoms with Gasteiger partial charge < -0.3 is 20.1 Å². The van der Waals surface area contributed by atoms with Crippen molar-refractivity contribution in [3.63, 3.8) is 0 Å². The second kappa shape index (κ2) is 9.16. The van der Waals surface area contributed by atoms with Crippen LogP contribution in [0.3, 0.4) is 0 Å². The molecule has 0 unspecified atom stereocenters. The minimum absolute atomic E-state index is 0.0244. The number of carboxylic acids is 1. The second-order valence-electron chi connectivity index (χ2n) is 6.36. The minimum atomic E-state index is -1.31. The molecule has 2 amide bonds. The lowest BCUT2D eigenvalue weighted by Gasteiger charge is -2.38. The number of urea groups is 1. The zero-order chi connectivity index (χ0) is 19.9. The fraction of sp³-hybridized carbons (Fsp3) is 0.474. The lowest BCUT2D eigenvalue weighted by molar-refractivity contribution is -0.154. The SMILES string of the molecule is CCOC(=O)C1(C(=O)c2ccccc2)CCN(C(=O)NCCC(=O)O)CC1. The summed E-state index contributed by atoms with van der Waals surface area (Å²) in [7, 11) is 0. The number of ether oxygens (including phenoxy) is 1. The lowest BCUT2D eigenvalue weighted by atomic mass is 9.72. The van der Waals surface area contributed by atoms with E-state index in [1.54, 1.807) is 37.3 Å². The number of rotatable bonds is 7. The van der Waals surface area contributed by atoms with E-state index in [1.807, 2.05) is 0 Å². The summed E-state index contributed by atoms with van der Waals surface area (Å²) < 4.78 is 5.17. The van der Waals surface area contributed by atoms with Gasteiger partial charge in [-0.25, -0.2) is 4.79 Å². The van der Waals surface area contributed by atoms with Crippen molar-refractivity contribution in [1.82, 2.24) is 10.2 Å². The van der Waals surface area contributed by atoms with Crippen molar-refractivity contribution in [2.24, 2.45) is 5.41 Å². The zero-order valence-corrected chi connectivity index (χ0v) is 15.3. The van der Waals surface area contributed by atoms with E-state index in [-0.39, 0.29) is 51.3 Å². The molecule has 0 spiro atoms. The number of likely N-dealkylation sites (tertiary alicyclic amines) is 1. The molecule has 1 aromatic rings. The molecule has 8 heteroatoms. The summed E-state index contributed by atoms with van der Waals surface area (Å²) in [6, 6.07) is 8.18. The molecule has 27 heavy (non-hydrogen) atoms. The molecule has 0 atom stereocenters. The van der Waals surface area contributed by atoms with Crippen LogP contribution in [0.15, 0.2) is 30.3 Å². The Hall–Kier alpha value is -2.90. The minimum Gasteiger partial charge on any atom is -0.481 e. The first kappa shape index (κ1) is 20.4. The van der Waals surface area contributed by atoms with Gasteiger partial charge >= 0.3 is 18.0 Å². The van der Waals surface area contributed by atoms with Gasteiger partial charge in [0.1, 0.15) is 5.41 Å². The van der Waals surface area contributed by atoms with E-state index in [9.17, 15) is 19.2 Å². The van der Waals surface area contributed by atoms with Crippen LogP contribution in [0, 0.1) is 5.41 Å². The molecule has 0 saturated carbocycles. The number of nitrogens with zero attached hydrogens (tertiary/aromatic N) is 1. The Morgan fingerprint density at radius 3 is 2.33 bits per heavy atom. The van der Waals surface area contributed by atoms with E-state index in [0.717, 1.165) is 0 Å². The van der Waals surface area contributed by atoms with E-state index < -0.39 is 23.4 Å². The fourth-order valence-corrected chi connectivity index (χ4v) is 3.14. The number of hydrogen-bond donors (Lipinski definition) is 2. The molecule has 146 valence electrons. The number of piperidine rings is 1. The summed E-state index contributed by atoms with van der Waals surface area (Å²) in [6.07, 6.45) is 0.149. The third-order valence-electron chi connectivity index (χ3n) is 4.66. The molecule has 1 aromatic carbocycles. The van der Waals surface area contributed by atoms with Gasteiger partial charge in [-0.1, -0.05) is 30.3 Å². The topological polar surface area (TPSA) is 113 Å². The number of carboxylic acid groups (broad SMARTS) is 1. The number of amides is 2. The number of Topliss-reactive ketones (excluding diaryl/α,β-unsaturated/α-hetero) is 1. The zero-order valence-electron chi connectivity index (χ0n) is 15.3. The molecular weight excluding hydrogens is 352 g/mol. The molecular formula is C19H24N2O6. The average Bonchev–Trinajstić information content (AvgIpc) is 2.68. The molecule has 0 bridgehead atoms. The molecule has 1 aliphatic rings. The maximum Gasteiger partial charge on any atom is 0.320 e. The van der Waals surface area contributed by atoms with Crippen molar-refractivity contribution in [3.8, 4) is 0 Å². The van der Waals surface area contributed by atoms with Crippen LogP contribution in [0.25, 0.3) is 0 Å². The molecule has 1 fully saturated rings. The molecule has 2 N–H and O–H groups in total. The summed E-state index contributed by atoms with van der Waals surface area (Å²) in [6.45, 7) is 2.29. The van der Waals surface area contributed by atoms with Crippen LogP contribution in [-0.4, -0.2) is 60.0 Å². The van der Waals surface area contributed by atoms with Crippen LogP contribution in [0.5, 0.6) is 0 Å². The Labute approximate surface area is 157 Å². The Morgan fingerprint density at radius 2 is 1.78 bits per heavy atom. The van der Waals surface area contributed by atoms with Crippen molar-refractivity contribution in [2.45, 2.75) is 26.2 Å². The quantitative estimate of drug-likeness (QED) is 0.425. The second-order valence-corrected chi connectivity index (χ2v) is 6.36. The van der Waals surface area contributed by atoms with Gasteiger partial charge in [0.2, 0.25) is 0 Å².